The summed E-state index contributed by atoms with van der Waals surface area (Å²) in [6.45, 7) is 4.27. The number of carbonyl (C=O) groups excluding carboxylic acids is 1. The largest absolute Gasteiger partial charge is 0.445 e. The van der Waals surface area contributed by atoms with Crippen LogP contribution < -0.4 is 5.32 Å². The first-order valence-corrected chi connectivity index (χ1v) is 8.00. The van der Waals surface area contributed by atoms with E-state index < -0.39 is 0 Å². The van der Waals surface area contributed by atoms with Crippen molar-refractivity contribution in [3.05, 3.63) is 77.4 Å². The molecule has 1 heterocycles. The molecule has 0 aliphatic heterocycles. The zero-order valence-electron chi connectivity index (χ0n) is 13.9. The van der Waals surface area contributed by atoms with Crippen LogP contribution in [0.25, 0.3) is 11.3 Å². The molecule has 0 unspecified atom stereocenters. The van der Waals surface area contributed by atoms with Crippen molar-refractivity contribution < 1.29 is 9.21 Å². The number of benzene rings is 2. The molecule has 0 fully saturated rings. The van der Waals surface area contributed by atoms with Gasteiger partial charge in [0.05, 0.1) is 0 Å². The highest BCUT2D eigenvalue weighted by Gasteiger charge is 2.14. The van der Waals surface area contributed by atoms with Gasteiger partial charge in [0.25, 0.3) is 5.91 Å². The molecular weight excluding hydrogens is 300 g/mol. The maximum Gasteiger partial charge on any atom is 0.251 e. The number of hydrogen-bond donors (Lipinski definition) is 1. The Balaban J connectivity index is 1.68. The van der Waals surface area contributed by atoms with Crippen molar-refractivity contribution in [3.8, 4) is 11.3 Å². The van der Waals surface area contributed by atoms with Gasteiger partial charge in [-0.2, -0.15) is 0 Å². The van der Waals surface area contributed by atoms with Crippen molar-refractivity contribution in [1.29, 1.82) is 0 Å². The number of nitrogens with zero attached hydrogens (tertiary/aromatic N) is 1. The van der Waals surface area contributed by atoms with Crippen molar-refractivity contribution in [2.45, 2.75) is 20.3 Å². The minimum Gasteiger partial charge on any atom is -0.445 e. The van der Waals surface area contributed by atoms with Crippen molar-refractivity contribution in [3.63, 3.8) is 0 Å². The molecule has 122 valence electrons. The number of hydrogen-bond acceptors (Lipinski definition) is 3. The molecule has 1 amide bonds. The number of rotatable bonds is 5. The molecule has 0 atom stereocenters. The van der Waals surface area contributed by atoms with E-state index in [0.29, 0.717) is 24.4 Å². The van der Waals surface area contributed by atoms with Gasteiger partial charge >= 0.3 is 0 Å². The molecule has 3 aromatic rings. The molecule has 1 aromatic heterocycles. The Kier molecular flexibility index (Phi) is 4.75. The summed E-state index contributed by atoms with van der Waals surface area (Å²) in [4.78, 5) is 16.7. The molecule has 2 aromatic carbocycles. The fraction of sp³-hybridized carbons (Fsp3) is 0.200. The summed E-state index contributed by atoms with van der Waals surface area (Å²) in [5, 5.41) is 2.95. The van der Waals surface area contributed by atoms with Gasteiger partial charge in [-0.05, 0) is 18.6 Å². The first-order chi connectivity index (χ1) is 11.6. The van der Waals surface area contributed by atoms with Crippen LogP contribution >= 0.6 is 0 Å². The Morgan fingerprint density at radius 2 is 1.75 bits per heavy atom. The van der Waals surface area contributed by atoms with Gasteiger partial charge in [-0.15, -0.1) is 0 Å². The number of aryl methyl sites for hydroxylation is 2. The van der Waals surface area contributed by atoms with Crippen LogP contribution in [-0.4, -0.2) is 17.4 Å². The molecule has 3 rings (SSSR count). The highest BCUT2D eigenvalue weighted by Crippen LogP contribution is 2.23. The van der Waals surface area contributed by atoms with Gasteiger partial charge in [0.1, 0.15) is 11.5 Å². The second-order valence-corrected chi connectivity index (χ2v) is 5.69. The van der Waals surface area contributed by atoms with Crippen molar-refractivity contribution in [2.75, 3.05) is 6.54 Å². The second kappa shape index (κ2) is 7.13. The van der Waals surface area contributed by atoms with Crippen LogP contribution in [-0.2, 0) is 6.42 Å². The van der Waals surface area contributed by atoms with Gasteiger partial charge in [0, 0.05) is 31.0 Å². The predicted molar refractivity (Wildman–Crippen MR) is 93.9 cm³/mol. The van der Waals surface area contributed by atoms with E-state index >= 15 is 0 Å². The zero-order chi connectivity index (χ0) is 16.9. The zero-order valence-corrected chi connectivity index (χ0v) is 13.9. The van der Waals surface area contributed by atoms with Crippen LogP contribution in [0.2, 0.25) is 0 Å². The molecule has 0 aliphatic rings. The SMILES string of the molecule is Cc1nc(-c2ccccc2)c(CCNC(=O)c2ccccc2C)o1. The molecule has 1 N–H and O–H groups in total. The first-order valence-electron chi connectivity index (χ1n) is 8.00. The Hall–Kier alpha value is -2.88. The minimum atomic E-state index is -0.0643. The third-order valence-electron chi connectivity index (χ3n) is 3.88. The third kappa shape index (κ3) is 3.54. The molecule has 0 aliphatic carbocycles. The molecule has 0 bridgehead atoms. The number of oxazole rings is 1. The third-order valence-corrected chi connectivity index (χ3v) is 3.88. The fourth-order valence-corrected chi connectivity index (χ4v) is 2.67. The fourth-order valence-electron chi connectivity index (χ4n) is 2.67. The van der Waals surface area contributed by atoms with Crippen LogP contribution in [0, 0.1) is 13.8 Å². The van der Waals surface area contributed by atoms with E-state index in [0.717, 1.165) is 22.6 Å². The molecule has 4 heteroatoms. The van der Waals surface area contributed by atoms with E-state index in [1.54, 1.807) is 0 Å². The Bertz CT molecular complexity index is 838. The maximum atomic E-state index is 12.3. The van der Waals surface area contributed by atoms with Crippen LogP contribution in [0.4, 0.5) is 0 Å². The van der Waals surface area contributed by atoms with Gasteiger partial charge in [-0.1, -0.05) is 48.5 Å². The molecule has 0 radical (unpaired) electrons. The van der Waals surface area contributed by atoms with Crippen LogP contribution in [0.5, 0.6) is 0 Å². The average Bonchev–Trinajstić information content (AvgIpc) is 2.97. The molecular formula is C20H20N2O2. The maximum absolute atomic E-state index is 12.3. The lowest BCUT2D eigenvalue weighted by Crippen LogP contribution is -2.26. The van der Waals surface area contributed by atoms with Crippen LogP contribution in [0.15, 0.2) is 59.0 Å². The summed E-state index contributed by atoms with van der Waals surface area (Å²) in [6.07, 6.45) is 0.600. The summed E-state index contributed by atoms with van der Waals surface area (Å²) in [5.41, 5.74) is 3.54. The standard InChI is InChI=1S/C20H20N2O2/c1-14-8-6-7-11-17(14)20(23)21-13-12-18-19(22-15(2)24-18)16-9-4-3-5-10-16/h3-11H,12-13H2,1-2H3,(H,21,23). The van der Waals surface area contributed by atoms with Crippen molar-refractivity contribution in [1.82, 2.24) is 10.3 Å². The minimum absolute atomic E-state index is 0.0643. The summed E-state index contributed by atoms with van der Waals surface area (Å²) >= 11 is 0. The molecule has 0 saturated heterocycles. The monoisotopic (exact) mass is 320 g/mol. The number of carbonyl (C=O) groups is 1. The van der Waals surface area contributed by atoms with Gasteiger partial charge in [-0.25, -0.2) is 4.98 Å². The lowest BCUT2D eigenvalue weighted by Gasteiger charge is -2.07. The van der Waals surface area contributed by atoms with Gasteiger partial charge < -0.3 is 9.73 Å². The molecule has 4 nitrogen and oxygen atoms in total. The first kappa shape index (κ1) is 16.0. The van der Waals surface area contributed by atoms with Crippen molar-refractivity contribution in [2.24, 2.45) is 0 Å². The molecule has 0 spiro atoms. The molecule has 0 saturated carbocycles. The van der Waals surface area contributed by atoms with E-state index in [-0.39, 0.29) is 5.91 Å². The topological polar surface area (TPSA) is 55.1 Å². The van der Waals surface area contributed by atoms with E-state index in [2.05, 4.69) is 10.3 Å². The van der Waals surface area contributed by atoms with E-state index in [1.807, 2.05) is 68.4 Å². The second-order valence-electron chi connectivity index (χ2n) is 5.69. The van der Waals surface area contributed by atoms with Crippen LogP contribution in [0.1, 0.15) is 27.6 Å². The molecule has 24 heavy (non-hydrogen) atoms. The van der Waals surface area contributed by atoms with E-state index in [4.69, 9.17) is 4.42 Å². The Labute approximate surface area is 141 Å². The summed E-state index contributed by atoms with van der Waals surface area (Å²) in [5.74, 6) is 1.36. The summed E-state index contributed by atoms with van der Waals surface area (Å²) in [7, 11) is 0. The van der Waals surface area contributed by atoms with Crippen molar-refractivity contribution >= 4 is 5.91 Å². The van der Waals surface area contributed by atoms with E-state index in [1.165, 1.54) is 0 Å². The smallest absolute Gasteiger partial charge is 0.251 e. The highest BCUT2D eigenvalue weighted by atomic mass is 16.4. The Morgan fingerprint density at radius 1 is 1.04 bits per heavy atom. The van der Waals surface area contributed by atoms with Gasteiger partial charge in [0.2, 0.25) is 0 Å². The predicted octanol–water partition coefficient (Wildman–Crippen LogP) is 3.93. The number of aromatic nitrogens is 1. The number of nitrogens with one attached hydrogen (secondary N) is 1. The van der Waals surface area contributed by atoms with Crippen LogP contribution in [0.3, 0.4) is 0 Å². The lowest BCUT2D eigenvalue weighted by atomic mass is 10.1. The lowest BCUT2D eigenvalue weighted by molar-refractivity contribution is 0.0953. The quantitative estimate of drug-likeness (QED) is 0.775. The normalized spacial score (nSPS) is 10.6. The highest BCUT2D eigenvalue weighted by molar-refractivity contribution is 5.95. The summed E-state index contributed by atoms with van der Waals surface area (Å²) < 4.78 is 5.72. The Morgan fingerprint density at radius 3 is 2.50 bits per heavy atom. The number of amides is 1. The average molecular weight is 320 g/mol. The van der Waals surface area contributed by atoms with Gasteiger partial charge in [0.15, 0.2) is 5.89 Å². The summed E-state index contributed by atoms with van der Waals surface area (Å²) in [6, 6.07) is 17.5. The van der Waals surface area contributed by atoms with Gasteiger partial charge in [-0.3, -0.25) is 4.79 Å². The van der Waals surface area contributed by atoms with E-state index in [9.17, 15) is 4.79 Å².